The lowest BCUT2D eigenvalue weighted by molar-refractivity contribution is -0.124. The number of thiophene rings is 1. The van der Waals surface area contributed by atoms with E-state index in [1.165, 1.54) is 28.5 Å². The van der Waals surface area contributed by atoms with Gasteiger partial charge in [-0.3, -0.25) is 4.79 Å². The fourth-order valence-electron chi connectivity index (χ4n) is 3.90. The van der Waals surface area contributed by atoms with E-state index in [0.29, 0.717) is 29.6 Å². The Kier molecular flexibility index (Phi) is 6.37. The number of rotatable bonds is 6. The highest BCUT2D eigenvalue weighted by atomic mass is 32.2. The van der Waals surface area contributed by atoms with Gasteiger partial charge in [-0.25, -0.2) is 8.42 Å². The molecule has 146 valence electrons. The van der Waals surface area contributed by atoms with E-state index in [-0.39, 0.29) is 5.91 Å². The Bertz CT molecular complexity index is 732. The average molecular weight is 400 g/mol. The van der Waals surface area contributed by atoms with Crippen molar-refractivity contribution in [3.63, 3.8) is 0 Å². The number of aryl methyl sites for hydroxylation is 1. The molecule has 1 amide bonds. The summed E-state index contributed by atoms with van der Waals surface area (Å²) in [5.41, 5.74) is 0. The van der Waals surface area contributed by atoms with Crippen molar-refractivity contribution in [3.8, 4) is 0 Å². The minimum absolute atomic E-state index is 0.163. The van der Waals surface area contributed by atoms with E-state index in [9.17, 15) is 13.2 Å². The summed E-state index contributed by atoms with van der Waals surface area (Å²) in [5, 5.41) is 2.96. The molecule has 3 heterocycles. The molecule has 8 heteroatoms. The fraction of sp³-hybridized carbons (Fsp3) is 0.722. The molecule has 0 aromatic carbocycles. The molecule has 1 N–H and O–H groups in total. The maximum Gasteiger partial charge on any atom is 0.253 e. The van der Waals surface area contributed by atoms with Crippen molar-refractivity contribution in [3.05, 3.63) is 17.0 Å². The van der Waals surface area contributed by atoms with Crippen LogP contribution in [0.15, 0.2) is 16.3 Å². The van der Waals surface area contributed by atoms with Crippen LogP contribution >= 0.6 is 11.3 Å². The molecule has 26 heavy (non-hydrogen) atoms. The predicted octanol–water partition coefficient (Wildman–Crippen LogP) is 2.06. The first-order valence-electron chi connectivity index (χ1n) is 9.46. The maximum atomic E-state index is 12.9. The van der Waals surface area contributed by atoms with Gasteiger partial charge >= 0.3 is 0 Å². The summed E-state index contributed by atoms with van der Waals surface area (Å²) in [6, 6.07) is 2.87. The molecule has 0 spiro atoms. The third kappa shape index (κ3) is 4.47. The molecule has 0 saturated carbocycles. The molecule has 0 bridgehead atoms. The molecule has 2 atom stereocenters. The van der Waals surface area contributed by atoms with Crippen LogP contribution in [0, 0.1) is 12.8 Å². The minimum atomic E-state index is -3.58. The molecule has 2 saturated heterocycles. The standard InChI is InChI=1S/C18H29N3O3S2/c1-14-5-3-10-20(13-14)12-9-19-18(22)16-6-4-11-21(16)26(23,24)17-8-7-15(2)25-17/h7-8,14,16H,3-6,9-13H2,1-2H3,(H,19,22). The van der Waals surface area contributed by atoms with Crippen LogP contribution in [0.1, 0.15) is 37.5 Å². The number of carbonyl (C=O) groups excluding carboxylic acids is 1. The second-order valence-corrected chi connectivity index (χ2v) is 10.9. The summed E-state index contributed by atoms with van der Waals surface area (Å²) >= 11 is 1.26. The number of amides is 1. The first-order chi connectivity index (χ1) is 12.4. The van der Waals surface area contributed by atoms with Crippen LogP contribution in [0.25, 0.3) is 0 Å². The van der Waals surface area contributed by atoms with E-state index in [1.807, 2.05) is 13.0 Å². The number of carbonyl (C=O) groups is 1. The smallest absolute Gasteiger partial charge is 0.253 e. The van der Waals surface area contributed by atoms with Crippen molar-refractivity contribution in [2.75, 3.05) is 32.7 Å². The van der Waals surface area contributed by atoms with Crippen LogP contribution in [0.5, 0.6) is 0 Å². The van der Waals surface area contributed by atoms with E-state index in [0.717, 1.165) is 30.9 Å². The third-order valence-electron chi connectivity index (χ3n) is 5.25. The Morgan fingerprint density at radius 1 is 1.27 bits per heavy atom. The van der Waals surface area contributed by atoms with E-state index in [1.54, 1.807) is 6.07 Å². The van der Waals surface area contributed by atoms with Crippen LogP contribution in [0.2, 0.25) is 0 Å². The zero-order valence-electron chi connectivity index (χ0n) is 15.6. The Balaban J connectivity index is 1.56. The molecule has 2 unspecified atom stereocenters. The molecule has 1 aromatic heterocycles. The molecule has 6 nitrogen and oxygen atoms in total. The summed E-state index contributed by atoms with van der Waals surface area (Å²) in [7, 11) is -3.58. The van der Waals surface area contributed by atoms with Gasteiger partial charge in [-0.15, -0.1) is 11.3 Å². The predicted molar refractivity (Wildman–Crippen MR) is 104 cm³/mol. The van der Waals surface area contributed by atoms with Gasteiger partial charge in [0, 0.05) is 31.1 Å². The fourth-order valence-corrected chi connectivity index (χ4v) is 6.97. The van der Waals surface area contributed by atoms with E-state index in [2.05, 4.69) is 17.1 Å². The van der Waals surface area contributed by atoms with Crippen molar-refractivity contribution >= 4 is 27.3 Å². The maximum absolute atomic E-state index is 12.9. The monoisotopic (exact) mass is 399 g/mol. The Morgan fingerprint density at radius 2 is 2.04 bits per heavy atom. The lowest BCUT2D eigenvalue weighted by atomic mass is 10.0. The van der Waals surface area contributed by atoms with Gasteiger partial charge < -0.3 is 10.2 Å². The molecular weight excluding hydrogens is 370 g/mol. The van der Waals surface area contributed by atoms with Crippen molar-refractivity contribution in [2.24, 2.45) is 5.92 Å². The number of nitrogens with one attached hydrogen (secondary N) is 1. The Labute approximate surface area is 160 Å². The third-order valence-corrected chi connectivity index (χ3v) is 8.63. The number of sulfonamides is 1. The Hall–Kier alpha value is -0.960. The van der Waals surface area contributed by atoms with Crippen LogP contribution in [-0.2, 0) is 14.8 Å². The molecule has 2 aliphatic rings. The number of likely N-dealkylation sites (tertiary alicyclic amines) is 1. The minimum Gasteiger partial charge on any atom is -0.353 e. The first kappa shape index (κ1) is 19.8. The molecule has 0 radical (unpaired) electrons. The second kappa shape index (κ2) is 8.37. The number of nitrogens with zero attached hydrogens (tertiary/aromatic N) is 2. The normalized spacial score (nSPS) is 25.5. The van der Waals surface area contributed by atoms with Gasteiger partial charge in [0.25, 0.3) is 10.0 Å². The van der Waals surface area contributed by atoms with Crippen molar-refractivity contribution in [1.29, 1.82) is 0 Å². The molecule has 0 aliphatic carbocycles. The van der Waals surface area contributed by atoms with E-state index in [4.69, 9.17) is 0 Å². The van der Waals surface area contributed by atoms with Gasteiger partial charge in [0.05, 0.1) is 0 Å². The van der Waals surface area contributed by atoms with Gasteiger partial charge in [0.2, 0.25) is 5.91 Å². The number of piperidine rings is 1. The topological polar surface area (TPSA) is 69.7 Å². The van der Waals surface area contributed by atoms with Gasteiger partial charge in [-0.1, -0.05) is 6.92 Å². The quantitative estimate of drug-likeness (QED) is 0.795. The number of hydrogen-bond acceptors (Lipinski definition) is 5. The zero-order valence-corrected chi connectivity index (χ0v) is 17.2. The molecular formula is C18H29N3O3S2. The van der Waals surface area contributed by atoms with Crippen molar-refractivity contribution in [2.45, 2.75) is 49.8 Å². The van der Waals surface area contributed by atoms with Gasteiger partial charge in [0.15, 0.2) is 0 Å². The summed E-state index contributed by atoms with van der Waals surface area (Å²) < 4.78 is 27.5. The van der Waals surface area contributed by atoms with Crippen LogP contribution in [-0.4, -0.2) is 62.3 Å². The van der Waals surface area contributed by atoms with Crippen molar-refractivity contribution < 1.29 is 13.2 Å². The highest BCUT2D eigenvalue weighted by Gasteiger charge is 2.39. The van der Waals surface area contributed by atoms with Crippen LogP contribution in [0.3, 0.4) is 0 Å². The molecule has 2 fully saturated rings. The molecule has 3 rings (SSSR count). The van der Waals surface area contributed by atoms with Crippen LogP contribution < -0.4 is 5.32 Å². The summed E-state index contributed by atoms with van der Waals surface area (Å²) in [6.07, 6.45) is 3.81. The van der Waals surface area contributed by atoms with Gasteiger partial charge in [0.1, 0.15) is 10.3 Å². The van der Waals surface area contributed by atoms with Gasteiger partial charge in [-0.05, 0) is 57.2 Å². The van der Waals surface area contributed by atoms with Gasteiger partial charge in [-0.2, -0.15) is 4.31 Å². The lowest BCUT2D eigenvalue weighted by Gasteiger charge is -2.31. The summed E-state index contributed by atoms with van der Waals surface area (Å²) in [4.78, 5) is 16.0. The first-order valence-corrected chi connectivity index (χ1v) is 11.7. The molecule has 2 aliphatic heterocycles. The zero-order chi connectivity index (χ0) is 18.7. The Morgan fingerprint density at radius 3 is 2.73 bits per heavy atom. The molecule has 1 aromatic rings. The highest BCUT2D eigenvalue weighted by molar-refractivity contribution is 7.91. The average Bonchev–Trinajstić information content (AvgIpc) is 3.24. The highest BCUT2D eigenvalue weighted by Crippen LogP contribution is 2.30. The lowest BCUT2D eigenvalue weighted by Crippen LogP contribution is -2.47. The van der Waals surface area contributed by atoms with Crippen LogP contribution in [0.4, 0.5) is 0 Å². The summed E-state index contributed by atoms with van der Waals surface area (Å²) in [6.45, 7) is 8.14. The van der Waals surface area contributed by atoms with E-state index < -0.39 is 16.1 Å². The number of hydrogen-bond donors (Lipinski definition) is 1. The second-order valence-electron chi connectivity index (χ2n) is 7.48. The largest absolute Gasteiger partial charge is 0.353 e. The summed E-state index contributed by atoms with van der Waals surface area (Å²) in [5.74, 6) is 0.550. The van der Waals surface area contributed by atoms with E-state index >= 15 is 0 Å². The SMILES string of the molecule is Cc1ccc(S(=O)(=O)N2CCCC2C(=O)NCCN2CCCC(C)C2)s1. The van der Waals surface area contributed by atoms with Crippen molar-refractivity contribution in [1.82, 2.24) is 14.5 Å².